The number of thioether (sulfide) groups is 1. The van der Waals surface area contributed by atoms with E-state index in [9.17, 15) is 4.79 Å². The van der Waals surface area contributed by atoms with Crippen molar-refractivity contribution in [3.63, 3.8) is 0 Å². The van der Waals surface area contributed by atoms with Crippen LogP contribution in [-0.4, -0.2) is 27.0 Å². The zero-order valence-electron chi connectivity index (χ0n) is 7.47. The number of carboxylic acids is 1. The zero-order valence-corrected chi connectivity index (χ0v) is 8.29. The maximum atomic E-state index is 10.5. The molecule has 76 valence electrons. The molecule has 1 unspecified atom stereocenters. The first-order valence-corrected chi connectivity index (χ1v) is 5.51. The van der Waals surface area contributed by atoms with E-state index >= 15 is 0 Å². The van der Waals surface area contributed by atoms with Gasteiger partial charge >= 0.3 is 11.9 Å². The Kier molecular flexibility index (Phi) is 2.72. The molecule has 1 aromatic rings. The second kappa shape index (κ2) is 4.00. The molecule has 1 aromatic heterocycles. The molecule has 1 aliphatic rings. The van der Waals surface area contributed by atoms with Crippen molar-refractivity contribution in [2.45, 2.75) is 24.5 Å². The smallest absolute Gasteiger partial charge is 0.394 e. The highest BCUT2D eigenvalue weighted by atomic mass is 32.2. The monoisotopic (exact) mass is 214 g/mol. The molecule has 6 heteroatoms. The number of rotatable bonds is 2. The number of aromatic carboxylic acids is 1. The summed E-state index contributed by atoms with van der Waals surface area (Å²) in [5, 5.41) is 12.5. The molecule has 2 heterocycles. The summed E-state index contributed by atoms with van der Waals surface area (Å²) in [5.41, 5.74) is 0. The van der Waals surface area contributed by atoms with Gasteiger partial charge in [-0.2, -0.15) is 16.7 Å². The maximum Gasteiger partial charge on any atom is 0.394 e. The third-order valence-corrected chi connectivity index (χ3v) is 3.47. The summed E-state index contributed by atoms with van der Waals surface area (Å²) in [4.78, 5) is 14.3. The Labute approximate surface area is 84.9 Å². The van der Waals surface area contributed by atoms with Gasteiger partial charge in [-0.3, -0.25) is 0 Å². The molecule has 0 spiro atoms. The number of hydrogen-bond acceptors (Lipinski definition) is 5. The van der Waals surface area contributed by atoms with E-state index in [1.54, 1.807) is 11.8 Å². The van der Waals surface area contributed by atoms with Crippen molar-refractivity contribution in [3.8, 4) is 0 Å². The third-order valence-electron chi connectivity index (χ3n) is 2.09. The summed E-state index contributed by atoms with van der Waals surface area (Å²) >= 11 is 1.76. The lowest BCUT2D eigenvalue weighted by molar-refractivity contribution is 0.0643. The van der Waals surface area contributed by atoms with Gasteiger partial charge in [-0.25, -0.2) is 4.79 Å². The predicted octanol–water partition coefficient (Wildman–Crippen LogP) is 1.73. The lowest BCUT2D eigenvalue weighted by Crippen LogP contribution is -2.04. The van der Waals surface area contributed by atoms with Crippen molar-refractivity contribution in [2.24, 2.45) is 0 Å². The van der Waals surface area contributed by atoms with E-state index in [4.69, 9.17) is 5.11 Å². The number of aromatic nitrogens is 2. The third kappa shape index (κ3) is 1.89. The Morgan fingerprint density at radius 1 is 1.57 bits per heavy atom. The number of nitrogens with zero attached hydrogens (tertiary/aromatic N) is 2. The molecule has 0 amide bonds. The van der Waals surface area contributed by atoms with E-state index in [2.05, 4.69) is 14.7 Å². The van der Waals surface area contributed by atoms with Gasteiger partial charge in [0.15, 0.2) is 5.82 Å². The SMILES string of the molecule is O=C(O)c1nc(C2CCCCS2)no1. The minimum Gasteiger partial charge on any atom is -0.474 e. The summed E-state index contributed by atoms with van der Waals surface area (Å²) in [6.45, 7) is 0. The topological polar surface area (TPSA) is 76.2 Å². The molecule has 0 saturated carbocycles. The van der Waals surface area contributed by atoms with Crippen molar-refractivity contribution in [1.82, 2.24) is 10.1 Å². The van der Waals surface area contributed by atoms with E-state index < -0.39 is 5.97 Å². The van der Waals surface area contributed by atoms with Crippen LogP contribution in [0.25, 0.3) is 0 Å². The highest BCUT2D eigenvalue weighted by Crippen LogP contribution is 2.36. The molecule has 0 aromatic carbocycles. The summed E-state index contributed by atoms with van der Waals surface area (Å²) < 4.78 is 4.61. The van der Waals surface area contributed by atoms with Crippen LogP contribution < -0.4 is 0 Å². The van der Waals surface area contributed by atoms with E-state index in [-0.39, 0.29) is 11.1 Å². The summed E-state index contributed by atoms with van der Waals surface area (Å²) in [6.07, 6.45) is 3.36. The van der Waals surface area contributed by atoms with Gasteiger partial charge in [-0.15, -0.1) is 0 Å². The number of carbonyl (C=O) groups is 1. The van der Waals surface area contributed by atoms with Crippen LogP contribution in [0.15, 0.2) is 4.52 Å². The molecule has 1 atom stereocenters. The number of carboxylic acid groups (broad SMARTS) is 1. The molecule has 1 saturated heterocycles. The molecule has 5 nitrogen and oxygen atoms in total. The minimum absolute atomic E-state index is 0.209. The fraction of sp³-hybridized carbons (Fsp3) is 0.625. The average molecular weight is 214 g/mol. The normalized spacial score (nSPS) is 22.1. The van der Waals surface area contributed by atoms with Gasteiger partial charge in [0, 0.05) is 0 Å². The first-order chi connectivity index (χ1) is 6.77. The fourth-order valence-corrected chi connectivity index (χ4v) is 2.63. The van der Waals surface area contributed by atoms with Crippen LogP contribution in [0.3, 0.4) is 0 Å². The summed E-state index contributed by atoms with van der Waals surface area (Å²) in [5.74, 6) is 0.129. The average Bonchev–Trinajstić information content (AvgIpc) is 2.68. The zero-order chi connectivity index (χ0) is 9.97. The molecule has 0 radical (unpaired) electrons. The molecule has 0 aliphatic carbocycles. The molecule has 1 N–H and O–H groups in total. The van der Waals surface area contributed by atoms with Crippen molar-refractivity contribution in [2.75, 3.05) is 5.75 Å². The summed E-state index contributed by atoms with van der Waals surface area (Å²) in [6, 6.07) is 0. The van der Waals surface area contributed by atoms with Gasteiger partial charge in [-0.05, 0) is 18.6 Å². The largest absolute Gasteiger partial charge is 0.474 e. The van der Waals surface area contributed by atoms with E-state index in [1.165, 1.54) is 6.42 Å². The Morgan fingerprint density at radius 3 is 3.00 bits per heavy atom. The van der Waals surface area contributed by atoms with Gasteiger partial charge in [0.1, 0.15) is 0 Å². The first kappa shape index (κ1) is 9.51. The number of hydrogen-bond donors (Lipinski definition) is 1. The van der Waals surface area contributed by atoms with E-state index in [0.717, 1.165) is 18.6 Å². The molecular weight excluding hydrogens is 204 g/mol. The molecular formula is C8H10N2O3S. The van der Waals surface area contributed by atoms with Gasteiger partial charge in [0.05, 0.1) is 5.25 Å². The second-order valence-electron chi connectivity index (χ2n) is 3.12. The molecule has 1 fully saturated rings. The first-order valence-electron chi connectivity index (χ1n) is 4.46. The Bertz CT molecular complexity index is 333. The molecule has 14 heavy (non-hydrogen) atoms. The highest BCUT2D eigenvalue weighted by Gasteiger charge is 2.23. The van der Waals surface area contributed by atoms with Crippen molar-refractivity contribution >= 4 is 17.7 Å². The molecule has 0 bridgehead atoms. The van der Waals surface area contributed by atoms with Crippen LogP contribution in [0.1, 0.15) is 41.0 Å². The highest BCUT2D eigenvalue weighted by molar-refractivity contribution is 7.99. The molecule has 1 aliphatic heterocycles. The van der Waals surface area contributed by atoms with Crippen LogP contribution in [0.2, 0.25) is 0 Å². The van der Waals surface area contributed by atoms with Crippen LogP contribution in [-0.2, 0) is 0 Å². The van der Waals surface area contributed by atoms with Gasteiger partial charge in [0.25, 0.3) is 0 Å². The van der Waals surface area contributed by atoms with Crippen LogP contribution in [0.4, 0.5) is 0 Å². The standard InChI is InChI=1S/C8H10N2O3S/c11-8(12)7-9-6(10-13-7)5-3-1-2-4-14-5/h5H,1-4H2,(H,11,12). The quantitative estimate of drug-likeness (QED) is 0.807. The Balaban J connectivity index is 2.11. The minimum atomic E-state index is -1.16. The van der Waals surface area contributed by atoms with E-state index in [0.29, 0.717) is 5.82 Å². The predicted molar refractivity (Wildman–Crippen MR) is 50.3 cm³/mol. The van der Waals surface area contributed by atoms with Gasteiger partial charge in [-0.1, -0.05) is 11.6 Å². The van der Waals surface area contributed by atoms with Crippen molar-refractivity contribution < 1.29 is 14.4 Å². The Morgan fingerprint density at radius 2 is 2.43 bits per heavy atom. The van der Waals surface area contributed by atoms with Gasteiger partial charge in [0.2, 0.25) is 0 Å². The van der Waals surface area contributed by atoms with Crippen LogP contribution in [0.5, 0.6) is 0 Å². The lowest BCUT2D eigenvalue weighted by Gasteiger charge is -2.17. The van der Waals surface area contributed by atoms with E-state index in [1.807, 2.05) is 0 Å². The van der Waals surface area contributed by atoms with Crippen LogP contribution in [0, 0.1) is 0 Å². The Hall–Kier alpha value is -1.04. The van der Waals surface area contributed by atoms with Crippen molar-refractivity contribution in [3.05, 3.63) is 11.7 Å². The van der Waals surface area contributed by atoms with Gasteiger partial charge < -0.3 is 9.63 Å². The van der Waals surface area contributed by atoms with Crippen LogP contribution >= 0.6 is 11.8 Å². The molecule has 2 rings (SSSR count). The lowest BCUT2D eigenvalue weighted by atomic mass is 10.2. The second-order valence-corrected chi connectivity index (χ2v) is 4.43. The maximum absolute atomic E-state index is 10.5. The fourth-order valence-electron chi connectivity index (χ4n) is 1.40. The summed E-state index contributed by atoms with van der Waals surface area (Å²) in [7, 11) is 0. The van der Waals surface area contributed by atoms with Crippen molar-refractivity contribution in [1.29, 1.82) is 0 Å².